The van der Waals surface area contributed by atoms with E-state index < -0.39 is 12.6 Å². The lowest BCUT2D eigenvalue weighted by Gasteiger charge is -2.04. The molecule has 0 heterocycles. The van der Waals surface area contributed by atoms with Gasteiger partial charge in [-0.15, -0.1) is 0 Å². The molecule has 0 saturated heterocycles. The van der Waals surface area contributed by atoms with Crippen LogP contribution in [0.2, 0.25) is 0 Å². The van der Waals surface area contributed by atoms with Crippen LogP contribution in [0.1, 0.15) is 5.56 Å². The van der Waals surface area contributed by atoms with Gasteiger partial charge in [0.15, 0.2) is 0 Å². The summed E-state index contributed by atoms with van der Waals surface area (Å²) in [5.41, 5.74) is 1.46. The molecule has 76 valence electrons. The summed E-state index contributed by atoms with van der Waals surface area (Å²) in [6, 6.07) is 6.97. The van der Waals surface area contributed by atoms with Gasteiger partial charge < -0.3 is 10.4 Å². The van der Waals surface area contributed by atoms with Crippen molar-refractivity contribution in [3.8, 4) is 0 Å². The summed E-state index contributed by atoms with van der Waals surface area (Å²) in [7, 11) is 0. The van der Waals surface area contributed by atoms with Crippen molar-refractivity contribution in [2.45, 2.75) is 6.42 Å². The maximum Gasteiger partial charge on any atom is 0.307 e. The number of carbonyl (C=O) groups is 1. The van der Waals surface area contributed by atoms with Gasteiger partial charge in [-0.25, -0.2) is 4.39 Å². The maximum absolute atomic E-state index is 11.8. The first kappa shape index (κ1) is 10.5. The molecule has 0 radical (unpaired) electrons. The third-order valence-corrected chi connectivity index (χ3v) is 1.71. The quantitative estimate of drug-likeness (QED) is 0.755. The van der Waals surface area contributed by atoms with Gasteiger partial charge in [0.05, 0.1) is 6.42 Å². The monoisotopic (exact) mass is 197 g/mol. The smallest absolute Gasteiger partial charge is 0.307 e. The molecule has 0 saturated carbocycles. The van der Waals surface area contributed by atoms with Gasteiger partial charge in [-0.3, -0.25) is 4.79 Å². The van der Waals surface area contributed by atoms with E-state index >= 15 is 0 Å². The number of benzene rings is 1. The van der Waals surface area contributed by atoms with Crippen molar-refractivity contribution < 1.29 is 14.3 Å². The molecule has 0 bridgehead atoms. The second-order valence-corrected chi connectivity index (χ2v) is 2.89. The minimum atomic E-state index is -0.868. The van der Waals surface area contributed by atoms with Crippen molar-refractivity contribution in [1.82, 2.24) is 0 Å². The molecule has 3 nitrogen and oxygen atoms in total. The summed E-state index contributed by atoms with van der Waals surface area (Å²) >= 11 is 0. The van der Waals surface area contributed by atoms with Crippen LogP contribution in [0.15, 0.2) is 24.3 Å². The molecule has 1 rings (SSSR count). The Bertz CT molecular complexity index is 315. The van der Waals surface area contributed by atoms with E-state index in [0.717, 1.165) is 5.69 Å². The highest BCUT2D eigenvalue weighted by molar-refractivity contribution is 5.70. The number of hydrogen-bond donors (Lipinski definition) is 2. The second kappa shape index (κ2) is 5.21. The number of alkyl halides is 1. The van der Waals surface area contributed by atoms with Crippen LogP contribution in [0.4, 0.5) is 10.1 Å². The summed E-state index contributed by atoms with van der Waals surface area (Å²) in [6.07, 6.45) is -0.00878. The van der Waals surface area contributed by atoms with Gasteiger partial charge in [-0.1, -0.05) is 12.1 Å². The van der Waals surface area contributed by atoms with Gasteiger partial charge in [-0.05, 0) is 17.7 Å². The van der Waals surface area contributed by atoms with E-state index in [1.165, 1.54) is 0 Å². The van der Waals surface area contributed by atoms with Crippen molar-refractivity contribution in [2.75, 3.05) is 18.5 Å². The number of anilines is 1. The van der Waals surface area contributed by atoms with E-state index in [9.17, 15) is 9.18 Å². The Labute approximate surface area is 81.6 Å². The van der Waals surface area contributed by atoms with Gasteiger partial charge >= 0.3 is 5.97 Å². The number of carboxylic acid groups (broad SMARTS) is 1. The topological polar surface area (TPSA) is 49.3 Å². The lowest BCUT2D eigenvalue weighted by Crippen LogP contribution is -2.04. The maximum atomic E-state index is 11.8. The van der Waals surface area contributed by atoms with Crippen LogP contribution < -0.4 is 5.32 Å². The Morgan fingerprint density at radius 3 is 2.93 bits per heavy atom. The first-order chi connectivity index (χ1) is 6.72. The summed E-state index contributed by atoms with van der Waals surface area (Å²) in [6.45, 7) is -0.195. The number of nitrogens with one attached hydrogen (secondary N) is 1. The highest BCUT2D eigenvalue weighted by atomic mass is 19.1. The Balaban J connectivity index is 2.63. The van der Waals surface area contributed by atoms with Crippen molar-refractivity contribution >= 4 is 11.7 Å². The van der Waals surface area contributed by atoms with E-state index in [1.807, 2.05) is 0 Å². The number of hydrogen-bond acceptors (Lipinski definition) is 2. The molecule has 0 spiro atoms. The largest absolute Gasteiger partial charge is 0.481 e. The molecule has 14 heavy (non-hydrogen) atoms. The number of rotatable bonds is 5. The van der Waals surface area contributed by atoms with E-state index in [-0.39, 0.29) is 13.0 Å². The van der Waals surface area contributed by atoms with Crippen LogP contribution in [-0.2, 0) is 11.2 Å². The van der Waals surface area contributed by atoms with Crippen molar-refractivity contribution in [3.63, 3.8) is 0 Å². The Morgan fingerprint density at radius 1 is 1.50 bits per heavy atom. The molecule has 0 amide bonds. The number of aliphatic carboxylic acids is 1. The van der Waals surface area contributed by atoms with Crippen LogP contribution in [0, 0.1) is 0 Å². The van der Waals surface area contributed by atoms with Crippen LogP contribution in [-0.4, -0.2) is 24.3 Å². The van der Waals surface area contributed by atoms with Gasteiger partial charge in [0.25, 0.3) is 0 Å². The van der Waals surface area contributed by atoms with Gasteiger partial charge in [0, 0.05) is 12.2 Å². The normalized spacial score (nSPS) is 9.79. The van der Waals surface area contributed by atoms with Crippen molar-refractivity contribution in [1.29, 1.82) is 0 Å². The molecule has 2 N–H and O–H groups in total. The summed E-state index contributed by atoms with van der Waals surface area (Å²) in [4.78, 5) is 10.4. The highest BCUT2D eigenvalue weighted by Gasteiger charge is 2.00. The van der Waals surface area contributed by atoms with Crippen LogP contribution in [0.5, 0.6) is 0 Å². The van der Waals surface area contributed by atoms with Gasteiger partial charge in [0.1, 0.15) is 6.67 Å². The summed E-state index contributed by atoms with van der Waals surface area (Å²) in [5.74, 6) is -0.868. The Kier molecular flexibility index (Phi) is 3.91. The molecule has 1 aromatic rings. The average molecular weight is 197 g/mol. The van der Waals surface area contributed by atoms with Crippen LogP contribution in [0.25, 0.3) is 0 Å². The minimum Gasteiger partial charge on any atom is -0.481 e. The predicted octanol–water partition coefficient (Wildman–Crippen LogP) is 1.70. The molecule has 0 unspecified atom stereocenters. The highest BCUT2D eigenvalue weighted by Crippen LogP contribution is 2.10. The number of halogens is 1. The summed E-state index contributed by atoms with van der Waals surface area (Å²) < 4.78 is 11.8. The first-order valence-corrected chi connectivity index (χ1v) is 4.33. The first-order valence-electron chi connectivity index (χ1n) is 4.33. The fourth-order valence-electron chi connectivity index (χ4n) is 1.16. The van der Waals surface area contributed by atoms with Gasteiger partial charge in [0.2, 0.25) is 0 Å². The molecule has 0 aliphatic heterocycles. The van der Waals surface area contributed by atoms with E-state index in [1.54, 1.807) is 24.3 Å². The third-order valence-electron chi connectivity index (χ3n) is 1.71. The Morgan fingerprint density at radius 2 is 2.29 bits per heavy atom. The number of carboxylic acids is 1. The minimum absolute atomic E-state index is 0.00878. The predicted molar refractivity (Wildman–Crippen MR) is 52.2 cm³/mol. The Hall–Kier alpha value is -1.58. The second-order valence-electron chi connectivity index (χ2n) is 2.89. The fourth-order valence-corrected chi connectivity index (χ4v) is 1.16. The molecule has 0 aliphatic rings. The van der Waals surface area contributed by atoms with Gasteiger partial charge in [-0.2, -0.15) is 0 Å². The zero-order valence-electron chi connectivity index (χ0n) is 7.66. The lowest BCUT2D eigenvalue weighted by atomic mass is 10.1. The molecule has 0 fully saturated rings. The standard InChI is InChI=1S/C10H12FNO2/c11-4-5-12-9-3-1-2-8(6-9)7-10(13)14/h1-3,6,12H,4-5,7H2,(H,13,14). The molecule has 0 atom stereocenters. The molecule has 0 aliphatic carbocycles. The van der Waals surface area contributed by atoms with E-state index in [4.69, 9.17) is 5.11 Å². The average Bonchev–Trinajstić information content (AvgIpc) is 2.14. The molecule has 0 aromatic heterocycles. The third kappa shape index (κ3) is 3.43. The van der Waals surface area contributed by atoms with E-state index in [0.29, 0.717) is 5.56 Å². The zero-order valence-corrected chi connectivity index (χ0v) is 7.66. The van der Waals surface area contributed by atoms with E-state index in [2.05, 4.69) is 5.32 Å². The molecular formula is C10H12FNO2. The van der Waals surface area contributed by atoms with Crippen molar-refractivity contribution in [2.24, 2.45) is 0 Å². The molecule has 4 heteroatoms. The van der Waals surface area contributed by atoms with Crippen molar-refractivity contribution in [3.05, 3.63) is 29.8 Å². The van der Waals surface area contributed by atoms with Crippen LogP contribution >= 0.6 is 0 Å². The fraction of sp³-hybridized carbons (Fsp3) is 0.300. The zero-order chi connectivity index (χ0) is 10.4. The lowest BCUT2D eigenvalue weighted by molar-refractivity contribution is -0.136. The molecule has 1 aromatic carbocycles. The SMILES string of the molecule is O=C(O)Cc1cccc(NCCF)c1. The summed E-state index contributed by atoms with van der Waals surface area (Å²) in [5, 5.41) is 11.4. The molecular weight excluding hydrogens is 185 g/mol. The van der Waals surface area contributed by atoms with Crippen LogP contribution in [0.3, 0.4) is 0 Å².